The van der Waals surface area contributed by atoms with Gasteiger partial charge in [0.25, 0.3) is 0 Å². The Labute approximate surface area is 77.5 Å². The summed E-state index contributed by atoms with van der Waals surface area (Å²) in [6.07, 6.45) is 1.07. The molecule has 1 aliphatic heterocycles. The van der Waals surface area contributed by atoms with E-state index >= 15 is 0 Å². The number of ether oxygens (including phenoxy) is 1. The third-order valence-corrected chi connectivity index (χ3v) is 5.42. The van der Waals surface area contributed by atoms with Gasteiger partial charge < -0.3 is 4.74 Å². The highest BCUT2D eigenvalue weighted by atomic mass is 28.3. The van der Waals surface area contributed by atoms with Crippen molar-refractivity contribution in [3.63, 3.8) is 0 Å². The lowest BCUT2D eigenvalue weighted by Crippen LogP contribution is -2.45. The quantitative estimate of drug-likeness (QED) is 0.529. The third-order valence-electron chi connectivity index (χ3n) is 2.84. The SMILES string of the molecule is CC(C)(C)C1COC[Si](C)(C)C1. The Morgan fingerprint density at radius 2 is 1.83 bits per heavy atom. The monoisotopic (exact) mass is 186 g/mol. The van der Waals surface area contributed by atoms with Gasteiger partial charge in [0.2, 0.25) is 0 Å². The maximum atomic E-state index is 5.69. The van der Waals surface area contributed by atoms with E-state index in [-0.39, 0.29) is 0 Å². The summed E-state index contributed by atoms with van der Waals surface area (Å²) in [5.41, 5.74) is 0.435. The summed E-state index contributed by atoms with van der Waals surface area (Å²) in [5, 5.41) is 0. The summed E-state index contributed by atoms with van der Waals surface area (Å²) in [6.45, 7) is 12.8. The lowest BCUT2D eigenvalue weighted by molar-refractivity contribution is 0.0694. The molecule has 1 nitrogen and oxygen atoms in total. The summed E-state index contributed by atoms with van der Waals surface area (Å²) in [7, 11) is -0.986. The summed E-state index contributed by atoms with van der Waals surface area (Å²) < 4.78 is 5.69. The number of rotatable bonds is 0. The van der Waals surface area contributed by atoms with Gasteiger partial charge in [-0.05, 0) is 17.4 Å². The molecule has 1 saturated heterocycles. The van der Waals surface area contributed by atoms with Crippen molar-refractivity contribution < 1.29 is 4.74 Å². The van der Waals surface area contributed by atoms with Gasteiger partial charge in [-0.15, -0.1) is 0 Å². The Morgan fingerprint density at radius 1 is 1.25 bits per heavy atom. The zero-order valence-corrected chi connectivity index (χ0v) is 10.1. The fourth-order valence-corrected chi connectivity index (χ4v) is 4.67. The van der Waals surface area contributed by atoms with Crippen LogP contribution in [-0.4, -0.2) is 20.9 Å². The maximum Gasteiger partial charge on any atom is 0.0780 e. The maximum absolute atomic E-state index is 5.69. The first-order valence-corrected chi connectivity index (χ1v) is 8.30. The molecule has 0 aliphatic carbocycles. The summed E-state index contributed by atoms with van der Waals surface area (Å²) >= 11 is 0. The minimum Gasteiger partial charge on any atom is -0.384 e. The second-order valence-corrected chi connectivity index (χ2v) is 11.0. The van der Waals surface area contributed by atoms with Gasteiger partial charge in [-0.2, -0.15) is 0 Å². The molecule has 1 fully saturated rings. The molecule has 0 saturated carbocycles. The second-order valence-electron chi connectivity index (χ2n) is 5.95. The Morgan fingerprint density at radius 3 is 2.17 bits per heavy atom. The molecule has 72 valence electrons. The van der Waals surface area contributed by atoms with E-state index in [9.17, 15) is 0 Å². The van der Waals surface area contributed by atoms with Gasteiger partial charge in [0.1, 0.15) is 0 Å². The Kier molecular flexibility index (Phi) is 2.69. The number of hydrogen-bond donors (Lipinski definition) is 0. The van der Waals surface area contributed by atoms with Gasteiger partial charge in [0.05, 0.1) is 8.07 Å². The van der Waals surface area contributed by atoms with Crippen LogP contribution in [0.4, 0.5) is 0 Å². The molecule has 1 atom stereocenters. The molecule has 0 radical (unpaired) electrons. The molecule has 0 aromatic carbocycles. The van der Waals surface area contributed by atoms with Crippen LogP contribution in [0.15, 0.2) is 0 Å². The average molecular weight is 186 g/mol. The molecule has 0 bridgehead atoms. The molecule has 0 aromatic heterocycles. The van der Waals surface area contributed by atoms with Crippen LogP contribution in [0.3, 0.4) is 0 Å². The van der Waals surface area contributed by atoms with Crippen LogP contribution >= 0.6 is 0 Å². The molecule has 0 aromatic rings. The topological polar surface area (TPSA) is 9.23 Å². The van der Waals surface area contributed by atoms with E-state index in [1.807, 2.05) is 0 Å². The fourth-order valence-electron chi connectivity index (χ4n) is 1.82. The van der Waals surface area contributed by atoms with Crippen molar-refractivity contribution in [2.24, 2.45) is 11.3 Å². The van der Waals surface area contributed by atoms with Crippen molar-refractivity contribution in [2.45, 2.75) is 39.9 Å². The first-order valence-electron chi connectivity index (χ1n) is 4.89. The highest BCUT2D eigenvalue weighted by Gasteiger charge is 2.36. The van der Waals surface area contributed by atoms with E-state index in [2.05, 4.69) is 33.9 Å². The third kappa shape index (κ3) is 2.59. The van der Waals surface area contributed by atoms with E-state index in [0.29, 0.717) is 5.41 Å². The van der Waals surface area contributed by atoms with Crippen LogP contribution in [0.25, 0.3) is 0 Å². The molecule has 1 aliphatic rings. The highest BCUT2D eigenvalue weighted by Crippen LogP contribution is 2.35. The van der Waals surface area contributed by atoms with E-state index in [1.54, 1.807) is 0 Å². The standard InChI is InChI=1S/C10H22OSi/c1-10(2,3)9-6-11-8-12(4,5)7-9/h9H,6-8H2,1-5H3. The summed E-state index contributed by atoms with van der Waals surface area (Å²) in [4.78, 5) is 0. The van der Waals surface area contributed by atoms with Gasteiger partial charge in [0.15, 0.2) is 0 Å². The van der Waals surface area contributed by atoms with Crippen LogP contribution in [0.1, 0.15) is 20.8 Å². The van der Waals surface area contributed by atoms with Crippen molar-refractivity contribution in [1.29, 1.82) is 0 Å². The molecule has 0 N–H and O–H groups in total. The molecule has 12 heavy (non-hydrogen) atoms. The Balaban J connectivity index is 2.58. The van der Waals surface area contributed by atoms with Crippen molar-refractivity contribution in [3.8, 4) is 0 Å². The van der Waals surface area contributed by atoms with Gasteiger partial charge in [-0.25, -0.2) is 0 Å². The van der Waals surface area contributed by atoms with E-state index in [1.165, 1.54) is 6.04 Å². The molecule has 1 rings (SSSR count). The van der Waals surface area contributed by atoms with Crippen LogP contribution in [0, 0.1) is 11.3 Å². The minimum absolute atomic E-state index is 0.435. The van der Waals surface area contributed by atoms with Gasteiger partial charge in [-0.1, -0.05) is 33.9 Å². The largest absolute Gasteiger partial charge is 0.384 e. The second kappa shape index (κ2) is 3.15. The minimum atomic E-state index is -0.986. The first kappa shape index (κ1) is 10.3. The van der Waals surface area contributed by atoms with E-state index in [0.717, 1.165) is 18.8 Å². The smallest absolute Gasteiger partial charge is 0.0780 e. The molecule has 1 heterocycles. The van der Waals surface area contributed by atoms with Crippen molar-refractivity contribution in [2.75, 3.05) is 12.8 Å². The van der Waals surface area contributed by atoms with Gasteiger partial charge in [-0.3, -0.25) is 0 Å². The van der Waals surface area contributed by atoms with Gasteiger partial charge in [0, 0.05) is 12.8 Å². The fraction of sp³-hybridized carbons (Fsp3) is 1.00. The van der Waals surface area contributed by atoms with Gasteiger partial charge >= 0.3 is 0 Å². The predicted molar refractivity (Wildman–Crippen MR) is 56.1 cm³/mol. The lowest BCUT2D eigenvalue weighted by atomic mass is 9.82. The molecule has 0 spiro atoms. The summed E-state index contributed by atoms with van der Waals surface area (Å²) in [6, 6.07) is 1.44. The molecule has 2 heteroatoms. The zero-order valence-electron chi connectivity index (χ0n) is 9.11. The number of hydrogen-bond acceptors (Lipinski definition) is 1. The highest BCUT2D eigenvalue weighted by molar-refractivity contribution is 6.77. The average Bonchev–Trinajstić information content (AvgIpc) is 1.83. The molecular weight excluding hydrogens is 164 g/mol. The van der Waals surface area contributed by atoms with Crippen LogP contribution in [0.2, 0.25) is 19.1 Å². The zero-order chi connectivity index (χ0) is 9.41. The molecule has 0 amide bonds. The Bertz CT molecular complexity index is 154. The Hall–Kier alpha value is 0.177. The van der Waals surface area contributed by atoms with Crippen molar-refractivity contribution in [1.82, 2.24) is 0 Å². The lowest BCUT2D eigenvalue weighted by Gasteiger charge is -2.40. The first-order chi connectivity index (χ1) is 5.31. The van der Waals surface area contributed by atoms with Crippen molar-refractivity contribution in [3.05, 3.63) is 0 Å². The van der Waals surface area contributed by atoms with Crippen LogP contribution < -0.4 is 0 Å². The van der Waals surface area contributed by atoms with Crippen LogP contribution in [-0.2, 0) is 4.74 Å². The molecule has 1 unspecified atom stereocenters. The van der Waals surface area contributed by atoms with Crippen LogP contribution in [0.5, 0.6) is 0 Å². The molecular formula is C10H22OSi. The van der Waals surface area contributed by atoms with Crippen molar-refractivity contribution >= 4 is 8.07 Å². The predicted octanol–water partition coefficient (Wildman–Crippen LogP) is 2.93. The summed E-state index contributed by atoms with van der Waals surface area (Å²) in [5.74, 6) is 0.785. The van der Waals surface area contributed by atoms with E-state index in [4.69, 9.17) is 4.74 Å². The van der Waals surface area contributed by atoms with E-state index < -0.39 is 8.07 Å². The normalized spacial score (nSPS) is 30.2.